The molecule has 5 nitrogen and oxygen atoms in total. The highest BCUT2D eigenvalue weighted by atomic mass is 16.5. The Morgan fingerprint density at radius 2 is 1.95 bits per heavy atom. The maximum absolute atomic E-state index is 5.10. The Balaban J connectivity index is 2.34. The second-order valence-corrected chi connectivity index (χ2v) is 4.47. The summed E-state index contributed by atoms with van der Waals surface area (Å²) in [6.45, 7) is 1.45. The molecular weight excluding hydrogens is 252 g/mol. The molecule has 0 saturated heterocycles. The molecule has 1 heterocycles. The molecule has 0 fully saturated rings. The molecule has 0 aliphatic rings. The maximum atomic E-state index is 5.10. The molecule has 0 saturated carbocycles. The third-order valence-corrected chi connectivity index (χ3v) is 3.02. The van der Waals surface area contributed by atoms with Gasteiger partial charge in [0.25, 0.3) is 0 Å². The Bertz CT molecular complexity index is 545. The zero-order valence-corrected chi connectivity index (χ0v) is 12.1. The lowest BCUT2D eigenvalue weighted by molar-refractivity contribution is 0.206. The summed E-state index contributed by atoms with van der Waals surface area (Å²) in [5, 5.41) is 3.08. The van der Waals surface area contributed by atoms with Crippen molar-refractivity contribution in [1.82, 2.24) is 9.97 Å². The number of anilines is 2. The fourth-order valence-electron chi connectivity index (χ4n) is 1.82. The van der Waals surface area contributed by atoms with Crippen molar-refractivity contribution in [3.63, 3.8) is 0 Å². The van der Waals surface area contributed by atoms with Crippen LogP contribution in [0.2, 0.25) is 0 Å². The van der Waals surface area contributed by atoms with Crippen molar-refractivity contribution in [2.45, 2.75) is 0 Å². The van der Waals surface area contributed by atoms with Crippen LogP contribution in [0.1, 0.15) is 0 Å². The number of hydrogen-bond donors (Lipinski definition) is 1. The van der Waals surface area contributed by atoms with Gasteiger partial charge in [-0.3, -0.25) is 0 Å². The SMILES string of the molecule is CNc1cc(N(C)CCOC)nc(-c2ccccc2)n1. The fraction of sp³-hybridized carbons (Fsp3) is 0.333. The van der Waals surface area contributed by atoms with E-state index in [2.05, 4.69) is 20.2 Å². The van der Waals surface area contributed by atoms with Gasteiger partial charge >= 0.3 is 0 Å². The van der Waals surface area contributed by atoms with Crippen LogP contribution in [0.25, 0.3) is 11.4 Å². The summed E-state index contributed by atoms with van der Waals surface area (Å²) in [4.78, 5) is 11.2. The lowest BCUT2D eigenvalue weighted by Gasteiger charge is -2.19. The highest BCUT2D eigenvalue weighted by molar-refractivity contribution is 5.61. The average molecular weight is 272 g/mol. The molecule has 0 spiro atoms. The molecule has 0 unspecified atom stereocenters. The second-order valence-electron chi connectivity index (χ2n) is 4.47. The zero-order valence-electron chi connectivity index (χ0n) is 12.1. The van der Waals surface area contributed by atoms with Crippen LogP contribution in [0.15, 0.2) is 36.4 Å². The Hall–Kier alpha value is -2.14. The molecule has 20 heavy (non-hydrogen) atoms. The fourth-order valence-corrected chi connectivity index (χ4v) is 1.82. The number of methoxy groups -OCH3 is 1. The van der Waals surface area contributed by atoms with Gasteiger partial charge in [0.15, 0.2) is 5.82 Å². The largest absolute Gasteiger partial charge is 0.383 e. The Morgan fingerprint density at radius 1 is 1.20 bits per heavy atom. The normalized spacial score (nSPS) is 10.3. The monoisotopic (exact) mass is 272 g/mol. The van der Waals surface area contributed by atoms with Crippen LogP contribution in [0.3, 0.4) is 0 Å². The maximum Gasteiger partial charge on any atom is 0.163 e. The van der Waals surface area contributed by atoms with E-state index in [9.17, 15) is 0 Å². The average Bonchev–Trinajstić information content (AvgIpc) is 2.52. The minimum Gasteiger partial charge on any atom is -0.383 e. The van der Waals surface area contributed by atoms with Crippen LogP contribution in [0.5, 0.6) is 0 Å². The molecule has 1 N–H and O–H groups in total. The first-order valence-electron chi connectivity index (χ1n) is 6.57. The van der Waals surface area contributed by atoms with Gasteiger partial charge in [-0.15, -0.1) is 0 Å². The van der Waals surface area contributed by atoms with Crippen molar-refractivity contribution in [3.05, 3.63) is 36.4 Å². The first-order valence-corrected chi connectivity index (χ1v) is 6.57. The number of nitrogens with zero attached hydrogens (tertiary/aromatic N) is 3. The van der Waals surface area contributed by atoms with E-state index >= 15 is 0 Å². The van der Waals surface area contributed by atoms with Gasteiger partial charge in [-0.05, 0) is 0 Å². The third-order valence-electron chi connectivity index (χ3n) is 3.02. The van der Waals surface area contributed by atoms with Gasteiger partial charge in [-0.25, -0.2) is 9.97 Å². The van der Waals surface area contributed by atoms with Crippen LogP contribution >= 0.6 is 0 Å². The van der Waals surface area contributed by atoms with Crippen molar-refractivity contribution in [3.8, 4) is 11.4 Å². The van der Waals surface area contributed by atoms with Crippen molar-refractivity contribution >= 4 is 11.6 Å². The molecule has 0 amide bonds. The molecule has 0 radical (unpaired) electrons. The third kappa shape index (κ3) is 3.45. The molecule has 0 atom stereocenters. The quantitative estimate of drug-likeness (QED) is 0.874. The van der Waals surface area contributed by atoms with Gasteiger partial charge in [0.05, 0.1) is 6.61 Å². The summed E-state index contributed by atoms with van der Waals surface area (Å²) >= 11 is 0. The summed E-state index contributed by atoms with van der Waals surface area (Å²) in [5.74, 6) is 2.40. The molecule has 106 valence electrons. The first kappa shape index (κ1) is 14.3. The summed E-state index contributed by atoms with van der Waals surface area (Å²) in [7, 11) is 5.55. The molecular formula is C15H20N4O. The lowest BCUT2D eigenvalue weighted by Crippen LogP contribution is -2.23. The molecule has 0 aliphatic heterocycles. The van der Waals surface area contributed by atoms with E-state index in [-0.39, 0.29) is 0 Å². The molecule has 2 rings (SSSR count). The smallest absolute Gasteiger partial charge is 0.163 e. The molecule has 5 heteroatoms. The number of ether oxygens (including phenoxy) is 1. The Morgan fingerprint density at radius 3 is 2.60 bits per heavy atom. The summed E-state index contributed by atoms with van der Waals surface area (Å²) in [6, 6.07) is 11.9. The van der Waals surface area contributed by atoms with Gasteiger partial charge in [0, 0.05) is 39.4 Å². The number of benzene rings is 1. The summed E-state index contributed by atoms with van der Waals surface area (Å²) < 4.78 is 5.10. The Labute approximate surface area is 119 Å². The van der Waals surface area contributed by atoms with Crippen LogP contribution in [0.4, 0.5) is 11.6 Å². The summed E-state index contributed by atoms with van der Waals surface area (Å²) in [6.07, 6.45) is 0. The first-order chi connectivity index (χ1) is 9.74. The zero-order chi connectivity index (χ0) is 14.4. The second kappa shape index (κ2) is 6.86. The van der Waals surface area contributed by atoms with E-state index < -0.39 is 0 Å². The van der Waals surface area contributed by atoms with Gasteiger partial charge in [-0.2, -0.15) is 0 Å². The molecule has 0 bridgehead atoms. The minimum atomic E-state index is 0.663. The lowest BCUT2D eigenvalue weighted by atomic mass is 10.2. The molecule has 0 aliphatic carbocycles. The summed E-state index contributed by atoms with van der Waals surface area (Å²) in [5.41, 5.74) is 1.01. The predicted octanol–water partition coefficient (Wildman–Crippen LogP) is 2.27. The van der Waals surface area contributed by atoms with Crippen molar-refractivity contribution in [2.24, 2.45) is 0 Å². The Kier molecular flexibility index (Phi) is 4.90. The number of likely N-dealkylation sites (N-methyl/N-ethyl adjacent to an activating group) is 1. The van der Waals surface area contributed by atoms with Crippen LogP contribution in [0, 0.1) is 0 Å². The van der Waals surface area contributed by atoms with E-state index in [1.807, 2.05) is 50.5 Å². The highest BCUT2D eigenvalue weighted by Crippen LogP contribution is 2.21. The van der Waals surface area contributed by atoms with Crippen molar-refractivity contribution in [2.75, 3.05) is 44.6 Å². The van der Waals surface area contributed by atoms with Crippen LogP contribution < -0.4 is 10.2 Å². The predicted molar refractivity (Wildman–Crippen MR) is 82.2 cm³/mol. The number of aromatic nitrogens is 2. The standard InChI is InChI=1S/C15H20N4O/c1-16-13-11-14(19(2)9-10-20-3)18-15(17-13)12-7-5-4-6-8-12/h4-8,11H,9-10H2,1-3H3,(H,16,17,18). The van der Waals surface area contributed by atoms with E-state index in [4.69, 9.17) is 4.74 Å². The van der Waals surface area contributed by atoms with Crippen molar-refractivity contribution < 1.29 is 4.74 Å². The van der Waals surface area contributed by atoms with Gasteiger partial charge in [0.2, 0.25) is 0 Å². The molecule has 2 aromatic rings. The topological polar surface area (TPSA) is 50.3 Å². The van der Waals surface area contributed by atoms with Gasteiger partial charge < -0.3 is 15.0 Å². The van der Waals surface area contributed by atoms with E-state index in [1.54, 1.807) is 7.11 Å². The number of nitrogens with one attached hydrogen (secondary N) is 1. The van der Waals surface area contributed by atoms with Gasteiger partial charge in [0.1, 0.15) is 11.6 Å². The van der Waals surface area contributed by atoms with Crippen LogP contribution in [-0.4, -0.2) is 44.3 Å². The van der Waals surface area contributed by atoms with E-state index in [0.29, 0.717) is 6.61 Å². The minimum absolute atomic E-state index is 0.663. The number of hydrogen-bond acceptors (Lipinski definition) is 5. The molecule has 1 aromatic carbocycles. The van der Waals surface area contributed by atoms with E-state index in [1.165, 1.54) is 0 Å². The van der Waals surface area contributed by atoms with Crippen LogP contribution in [-0.2, 0) is 4.74 Å². The number of rotatable bonds is 6. The van der Waals surface area contributed by atoms with Crippen molar-refractivity contribution in [1.29, 1.82) is 0 Å². The van der Waals surface area contributed by atoms with E-state index in [0.717, 1.165) is 29.6 Å². The highest BCUT2D eigenvalue weighted by Gasteiger charge is 2.09. The van der Waals surface area contributed by atoms with Gasteiger partial charge in [-0.1, -0.05) is 30.3 Å². The molecule has 1 aromatic heterocycles.